The molecular formula is C15H15FN2O3. The number of carbonyl (C=O) groups excluding carboxylic acids is 1. The lowest BCUT2D eigenvalue weighted by atomic mass is 10.2. The Morgan fingerprint density at radius 2 is 2.05 bits per heavy atom. The van der Waals surface area contributed by atoms with Crippen LogP contribution in [0.25, 0.3) is 0 Å². The van der Waals surface area contributed by atoms with Gasteiger partial charge in [-0.25, -0.2) is 4.98 Å². The van der Waals surface area contributed by atoms with Gasteiger partial charge < -0.3 is 15.2 Å². The molecule has 0 saturated heterocycles. The Morgan fingerprint density at radius 1 is 1.24 bits per heavy atom. The van der Waals surface area contributed by atoms with Crippen molar-refractivity contribution in [1.82, 2.24) is 10.3 Å². The van der Waals surface area contributed by atoms with E-state index in [0.29, 0.717) is 5.75 Å². The van der Waals surface area contributed by atoms with Crippen molar-refractivity contribution in [3.63, 3.8) is 0 Å². The molecule has 0 spiro atoms. The Hall–Kier alpha value is -2.47. The maximum atomic E-state index is 13.0. The van der Waals surface area contributed by atoms with Crippen LogP contribution in [-0.4, -0.2) is 29.2 Å². The van der Waals surface area contributed by atoms with Crippen molar-refractivity contribution in [2.24, 2.45) is 0 Å². The SMILES string of the molecule is O=C(NCc1ccccc1OCCO)c1cccc(F)n1. The number of nitrogens with zero attached hydrogens (tertiary/aromatic N) is 1. The van der Waals surface area contributed by atoms with Crippen molar-refractivity contribution >= 4 is 5.91 Å². The summed E-state index contributed by atoms with van der Waals surface area (Å²) in [5, 5.41) is 11.4. The van der Waals surface area contributed by atoms with Crippen LogP contribution in [0.1, 0.15) is 16.1 Å². The van der Waals surface area contributed by atoms with Gasteiger partial charge in [-0.2, -0.15) is 4.39 Å². The van der Waals surface area contributed by atoms with Crippen LogP contribution in [-0.2, 0) is 6.54 Å². The standard InChI is InChI=1S/C15H15FN2O3/c16-14-7-3-5-12(18-14)15(20)17-10-11-4-1-2-6-13(11)21-9-8-19/h1-7,19H,8-10H2,(H,17,20). The third-order valence-electron chi connectivity index (χ3n) is 2.71. The van der Waals surface area contributed by atoms with Crippen LogP contribution in [0.5, 0.6) is 5.75 Å². The van der Waals surface area contributed by atoms with Gasteiger partial charge in [0.2, 0.25) is 5.95 Å². The van der Waals surface area contributed by atoms with E-state index in [1.807, 2.05) is 6.07 Å². The molecule has 0 aliphatic carbocycles. The molecule has 2 rings (SSSR count). The number of nitrogens with one attached hydrogen (secondary N) is 1. The minimum Gasteiger partial charge on any atom is -0.491 e. The fourth-order valence-corrected chi connectivity index (χ4v) is 1.75. The van der Waals surface area contributed by atoms with E-state index in [0.717, 1.165) is 5.56 Å². The summed E-state index contributed by atoms with van der Waals surface area (Å²) in [6.45, 7) is 0.308. The smallest absolute Gasteiger partial charge is 0.270 e. The molecule has 0 radical (unpaired) electrons. The van der Waals surface area contributed by atoms with E-state index in [9.17, 15) is 9.18 Å². The van der Waals surface area contributed by atoms with Crippen LogP contribution >= 0.6 is 0 Å². The first-order chi connectivity index (χ1) is 10.2. The highest BCUT2D eigenvalue weighted by molar-refractivity contribution is 5.92. The minimum atomic E-state index is -0.700. The van der Waals surface area contributed by atoms with Gasteiger partial charge in [0.1, 0.15) is 18.1 Å². The highest BCUT2D eigenvalue weighted by Gasteiger charge is 2.09. The molecule has 110 valence electrons. The lowest BCUT2D eigenvalue weighted by Gasteiger charge is -2.11. The molecule has 0 aliphatic heterocycles. The summed E-state index contributed by atoms with van der Waals surface area (Å²) in [6.07, 6.45) is 0. The van der Waals surface area contributed by atoms with E-state index in [1.54, 1.807) is 18.2 Å². The van der Waals surface area contributed by atoms with Gasteiger partial charge in [-0.15, -0.1) is 0 Å². The van der Waals surface area contributed by atoms with Crippen molar-refractivity contribution in [2.45, 2.75) is 6.54 Å². The maximum absolute atomic E-state index is 13.0. The van der Waals surface area contributed by atoms with Gasteiger partial charge in [-0.1, -0.05) is 24.3 Å². The fraction of sp³-hybridized carbons (Fsp3) is 0.200. The Balaban J connectivity index is 2.01. The zero-order chi connectivity index (χ0) is 15.1. The predicted octanol–water partition coefficient (Wildman–Crippen LogP) is 1.52. The van der Waals surface area contributed by atoms with Crippen molar-refractivity contribution in [2.75, 3.05) is 13.2 Å². The number of pyridine rings is 1. The number of hydrogen-bond acceptors (Lipinski definition) is 4. The molecule has 5 nitrogen and oxygen atoms in total. The molecule has 1 heterocycles. The summed E-state index contributed by atoms with van der Waals surface area (Å²) in [4.78, 5) is 15.4. The number of aromatic nitrogens is 1. The third-order valence-corrected chi connectivity index (χ3v) is 2.71. The minimum absolute atomic E-state index is 0.0174. The van der Waals surface area contributed by atoms with Gasteiger partial charge in [-0.3, -0.25) is 4.79 Å². The summed E-state index contributed by atoms with van der Waals surface area (Å²) in [5.74, 6) is -0.583. The van der Waals surface area contributed by atoms with E-state index in [2.05, 4.69) is 10.3 Å². The molecular weight excluding hydrogens is 275 g/mol. The maximum Gasteiger partial charge on any atom is 0.270 e. The third kappa shape index (κ3) is 4.25. The number of rotatable bonds is 6. The molecule has 1 aromatic heterocycles. The quantitative estimate of drug-likeness (QED) is 0.791. The summed E-state index contributed by atoms with van der Waals surface area (Å²) >= 11 is 0. The van der Waals surface area contributed by atoms with Crippen LogP contribution in [0, 0.1) is 5.95 Å². The molecule has 0 fully saturated rings. The molecule has 2 N–H and O–H groups in total. The predicted molar refractivity (Wildman–Crippen MR) is 74.4 cm³/mol. The largest absolute Gasteiger partial charge is 0.491 e. The van der Waals surface area contributed by atoms with Gasteiger partial charge in [0.15, 0.2) is 0 Å². The highest BCUT2D eigenvalue weighted by atomic mass is 19.1. The first-order valence-corrected chi connectivity index (χ1v) is 6.43. The number of hydrogen-bond donors (Lipinski definition) is 2. The number of halogens is 1. The molecule has 0 unspecified atom stereocenters. The zero-order valence-electron chi connectivity index (χ0n) is 11.3. The number of amides is 1. The first kappa shape index (κ1) is 14.9. The Labute approximate surface area is 121 Å². The van der Waals surface area contributed by atoms with Crippen LogP contribution in [0.4, 0.5) is 4.39 Å². The summed E-state index contributed by atoms with van der Waals surface area (Å²) < 4.78 is 18.3. The molecule has 1 aromatic carbocycles. The fourth-order valence-electron chi connectivity index (χ4n) is 1.75. The van der Waals surface area contributed by atoms with Crippen molar-refractivity contribution in [3.8, 4) is 5.75 Å². The van der Waals surface area contributed by atoms with Gasteiger partial charge in [0.05, 0.1) is 6.61 Å². The van der Waals surface area contributed by atoms with Crippen LogP contribution in [0.2, 0.25) is 0 Å². The van der Waals surface area contributed by atoms with Crippen molar-refractivity contribution in [3.05, 3.63) is 59.7 Å². The van der Waals surface area contributed by atoms with Crippen LogP contribution in [0.3, 0.4) is 0 Å². The normalized spacial score (nSPS) is 10.2. The summed E-state index contributed by atoms with van der Waals surface area (Å²) in [6, 6.07) is 11.2. The summed E-state index contributed by atoms with van der Waals surface area (Å²) in [5.41, 5.74) is 0.777. The number of carbonyl (C=O) groups is 1. The van der Waals surface area contributed by atoms with Crippen LogP contribution < -0.4 is 10.1 Å². The van der Waals surface area contributed by atoms with E-state index in [1.165, 1.54) is 18.2 Å². The molecule has 0 atom stereocenters. The van der Waals surface area contributed by atoms with Gasteiger partial charge in [0.25, 0.3) is 5.91 Å². The number of aliphatic hydroxyl groups excluding tert-OH is 1. The number of aliphatic hydroxyl groups is 1. The van der Waals surface area contributed by atoms with E-state index >= 15 is 0 Å². The molecule has 0 bridgehead atoms. The Morgan fingerprint density at radius 3 is 2.81 bits per heavy atom. The second-order valence-electron chi connectivity index (χ2n) is 4.21. The monoisotopic (exact) mass is 290 g/mol. The molecule has 0 aliphatic rings. The highest BCUT2D eigenvalue weighted by Crippen LogP contribution is 2.17. The van der Waals surface area contributed by atoms with Crippen LogP contribution in [0.15, 0.2) is 42.5 Å². The summed E-state index contributed by atoms with van der Waals surface area (Å²) in [7, 11) is 0. The Kier molecular flexibility index (Phi) is 5.22. The zero-order valence-corrected chi connectivity index (χ0v) is 11.3. The number of para-hydroxylation sites is 1. The Bertz CT molecular complexity index is 619. The topological polar surface area (TPSA) is 71.5 Å². The molecule has 0 saturated carbocycles. The van der Waals surface area contributed by atoms with Gasteiger partial charge >= 0.3 is 0 Å². The molecule has 6 heteroatoms. The molecule has 2 aromatic rings. The van der Waals surface area contributed by atoms with E-state index < -0.39 is 11.9 Å². The van der Waals surface area contributed by atoms with E-state index in [4.69, 9.17) is 9.84 Å². The first-order valence-electron chi connectivity index (χ1n) is 6.43. The number of benzene rings is 1. The van der Waals surface area contributed by atoms with Gasteiger partial charge in [-0.05, 0) is 18.2 Å². The van der Waals surface area contributed by atoms with Crippen molar-refractivity contribution < 1.29 is 19.0 Å². The second-order valence-corrected chi connectivity index (χ2v) is 4.21. The molecule has 1 amide bonds. The second kappa shape index (κ2) is 7.35. The lowest BCUT2D eigenvalue weighted by Crippen LogP contribution is -2.24. The van der Waals surface area contributed by atoms with E-state index in [-0.39, 0.29) is 25.5 Å². The average molecular weight is 290 g/mol. The van der Waals surface area contributed by atoms with Gasteiger partial charge in [0, 0.05) is 12.1 Å². The number of ether oxygens (including phenoxy) is 1. The average Bonchev–Trinajstić information content (AvgIpc) is 2.51. The lowest BCUT2D eigenvalue weighted by molar-refractivity contribution is 0.0944. The van der Waals surface area contributed by atoms with Crippen molar-refractivity contribution in [1.29, 1.82) is 0 Å². The molecule has 21 heavy (non-hydrogen) atoms.